The first-order chi connectivity index (χ1) is 9.66. The topological polar surface area (TPSA) is 12.0 Å². The van der Waals surface area contributed by atoms with Crippen LogP contribution in [0.25, 0.3) is 0 Å². The standard InChI is InChI=1S/C19H27NSi/c1-19(2,3)15-8-7-9-17(14-15)20-16-10-12-18(13-11-16)21(4,5)6/h7-14,20H,1-6H3. The van der Waals surface area contributed by atoms with E-state index in [1.54, 1.807) is 0 Å². The van der Waals surface area contributed by atoms with Crippen LogP contribution in [0.15, 0.2) is 48.5 Å². The van der Waals surface area contributed by atoms with E-state index in [4.69, 9.17) is 0 Å². The first-order valence-corrected chi connectivity index (χ1v) is 11.1. The normalized spacial score (nSPS) is 12.3. The first kappa shape index (κ1) is 15.8. The van der Waals surface area contributed by atoms with Gasteiger partial charge >= 0.3 is 0 Å². The Morgan fingerprint density at radius 2 is 1.43 bits per heavy atom. The molecular weight excluding hydrogens is 270 g/mol. The van der Waals surface area contributed by atoms with Crippen LogP contribution in [0.1, 0.15) is 26.3 Å². The van der Waals surface area contributed by atoms with E-state index >= 15 is 0 Å². The lowest BCUT2D eigenvalue weighted by Crippen LogP contribution is -2.37. The quantitative estimate of drug-likeness (QED) is 0.761. The Hall–Kier alpha value is -1.54. The van der Waals surface area contributed by atoms with Crippen molar-refractivity contribution in [2.75, 3.05) is 5.32 Å². The molecule has 0 saturated heterocycles. The molecule has 0 aliphatic rings. The molecule has 0 aliphatic carbocycles. The molecule has 21 heavy (non-hydrogen) atoms. The molecule has 0 fully saturated rings. The third-order valence-corrected chi connectivity index (χ3v) is 5.83. The van der Waals surface area contributed by atoms with E-state index in [0.717, 1.165) is 11.4 Å². The fourth-order valence-electron chi connectivity index (χ4n) is 2.28. The van der Waals surface area contributed by atoms with Gasteiger partial charge in [-0.2, -0.15) is 0 Å². The first-order valence-electron chi connectivity index (χ1n) is 7.64. The molecule has 0 radical (unpaired) electrons. The minimum atomic E-state index is -1.21. The number of nitrogens with one attached hydrogen (secondary N) is 1. The van der Waals surface area contributed by atoms with Crippen molar-refractivity contribution in [1.82, 2.24) is 0 Å². The molecule has 112 valence electrons. The van der Waals surface area contributed by atoms with Gasteiger partial charge in [-0.1, -0.05) is 69.9 Å². The van der Waals surface area contributed by atoms with E-state index in [1.807, 2.05) is 0 Å². The Kier molecular flexibility index (Phi) is 4.29. The van der Waals surface area contributed by atoms with Crippen LogP contribution in [-0.4, -0.2) is 8.07 Å². The molecule has 0 amide bonds. The van der Waals surface area contributed by atoms with E-state index in [1.165, 1.54) is 10.8 Å². The molecule has 1 N–H and O–H groups in total. The van der Waals surface area contributed by atoms with Crippen molar-refractivity contribution in [1.29, 1.82) is 0 Å². The second kappa shape index (κ2) is 5.68. The largest absolute Gasteiger partial charge is 0.356 e. The number of rotatable bonds is 3. The molecule has 0 bridgehead atoms. The summed E-state index contributed by atoms with van der Waals surface area (Å²) >= 11 is 0. The number of hydrogen-bond acceptors (Lipinski definition) is 1. The van der Waals surface area contributed by atoms with E-state index in [9.17, 15) is 0 Å². The van der Waals surface area contributed by atoms with Crippen molar-refractivity contribution in [3.63, 3.8) is 0 Å². The Morgan fingerprint density at radius 1 is 0.810 bits per heavy atom. The monoisotopic (exact) mass is 297 g/mol. The van der Waals surface area contributed by atoms with E-state index in [2.05, 4.69) is 94.3 Å². The van der Waals surface area contributed by atoms with Gasteiger partial charge in [-0.05, 0) is 35.2 Å². The summed E-state index contributed by atoms with van der Waals surface area (Å²) in [5, 5.41) is 5.01. The van der Waals surface area contributed by atoms with E-state index in [-0.39, 0.29) is 5.41 Å². The molecule has 2 heteroatoms. The Morgan fingerprint density at radius 3 is 1.95 bits per heavy atom. The van der Waals surface area contributed by atoms with E-state index in [0.29, 0.717) is 0 Å². The maximum Gasteiger partial charge on any atom is 0.0775 e. The van der Waals surface area contributed by atoms with Gasteiger partial charge in [0.25, 0.3) is 0 Å². The van der Waals surface area contributed by atoms with Gasteiger partial charge in [-0.15, -0.1) is 0 Å². The zero-order valence-electron chi connectivity index (χ0n) is 14.1. The minimum Gasteiger partial charge on any atom is -0.356 e. The zero-order valence-corrected chi connectivity index (χ0v) is 15.1. The number of anilines is 2. The third-order valence-electron chi connectivity index (χ3n) is 3.77. The van der Waals surface area contributed by atoms with Gasteiger partial charge in [0.15, 0.2) is 0 Å². The predicted octanol–water partition coefficient (Wildman–Crippen LogP) is 5.27. The molecule has 0 unspecified atom stereocenters. The minimum absolute atomic E-state index is 0.180. The average Bonchev–Trinajstić information content (AvgIpc) is 2.37. The average molecular weight is 298 g/mol. The van der Waals surface area contributed by atoms with Crippen LogP contribution in [0.3, 0.4) is 0 Å². The lowest BCUT2D eigenvalue weighted by Gasteiger charge is -2.20. The van der Waals surface area contributed by atoms with Gasteiger partial charge in [0.2, 0.25) is 0 Å². The number of hydrogen-bond donors (Lipinski definition) is 1. The molecule has 0 heterocycles. The van der Waals surface area contributed by atoms with Crippen LogP contribution in [0.5, 0.6) is 0 Å². The highest BCUT2D eigenvalue weighted by molar-refractivity contribution is 6.88. The molecule has 2 rings (SSSR count). The van der Waals surface area contributed by atoms with Crippen LogP contribution in [0.2, 0.25) is 19.6 Å². The summed E-state index contributed by atoms with van der Waals surface area (Å²) in [4.78, 5) is 0. The Balaban J connectivity index is 2.19. The van der Waals surface area contributed by atoms with Crippen LogP contribution in [-0.2, 0) is 5.41 Å². The molecule has 0 aromatic heterocycles. The predicted molar refractivity (Wildman–Crippen MR) is 97.8 cm³/mol. The smallest absolute Gasteiger partial charge is 0.0775 e. The van der Waals surface area contributed by atoms with E-state index < -0.39 is 8.07 Å². The van der Waals surface area contributed by atoms with Gasteiger partial charge in [-0.25, -0.2) is 0 Å². The SMILES string of the molecule is CC(C)(C)c1cccc(Nc2ccc([Si](C)(C)C)cc2)c1. The van der Waals surface area contributed by atoms with Crippen LogP contribution >= 0.6 is 0 Å². The number of benzene rings is 2. The molecule has 0 aliphatic heterocycles. The molecule has 2 aromatic carbocycles. The molecule has 1 nitrogen and oxygen atoms in total. The molecule has 0 saturated carbocycles. The molecule has 0 atom stereocenters. The summed E-state index contributed by atoms with van der Waals surface area (Å²) < 4.78 is 0. The van der Waals surface area contributed by atoms with Crippen molar-refractivity contribution in [2.24, 2.45) is 0 Å². The summed E-state index contributed by atoms with van der Waals surface area (Å²) in [5.74, 6) is 0. The molecular formula is C19H27NSi. The van der Waals surface area contributed by atoms with Gasteiger partial charge in [0.1, 0.15) is 0 Å². The highest BCUT2D eigenvalue weighted by Crippen LogP contribution is 2.26. The second-order valence-corrected chi connectivity index (χ2v) is 12.9. The van der Waals surface area contributed by atoms with Gasteiger partial charge in [-0.3, -0.25) is 0 Å². The van der Waals surface area contributed by atoms with Crippen molar-refractivity contribution >= 4 is 24.6 Å². The van der Waals surface area contributed by atoms with Gasteiger partial charge in [0, 0.05) is 11.4 Å². The van der Waals surface area contributed by atoms with Gasteiger partial charge in [0.05, 0.1) is 8.07 Å². The zero-order chi connectivity index (χ0) is 15.7. The van der Waals surface area contributed by atoms with Crippen molar-refractivity contribution in [3.8, 4) is 0 Å². The highest BCUT2D eigenvalue weighted by atomic mass is 28.3. The van der Waals surface area contributed by atoms with Crippen LogP contribution in [0, 0.1) is 0 Å². The Labute approximate surface area is 130 Å². The van der Waals surface area contributed by atoms with Crippen LogP contribution in [0.4, 0.5) is 11.4 Å². The van der Waals surface area contributed by atoms with Crippen LogP contribution < -0.4 is 10.5 Å². The lowest BCUT2D eigenvalue weighted by molar-refractivity contribution is 0.590. The molecule has 0 spiro atoms. The fourth-order valence-corrected chi connectivity index (χ4v) is 3.45. The highest BCUT2D eigenvalue weighted by Gasteiger charge is 2.16. The summed E-state index contributed by atoms with van der Waals surface area (Å²) in [6, 6.07) is 17.6. The molecule has 2 aromatic rings. The summed E-state index contributed by atoms with van der Waals surface area (Å²) in [6.07, 6.45) is 0. The van der Waals surface area contributed by atoms with Crippen molar-refractivity contribution in [3.05, 3.63) is 54.1 Å². The van der Waals surface area contributed by atoms with Gasteiger partial charge < -0.3 is 5.32 Å². The van der Waals surface area contributed by atoms with Crippen molar-refractivity contribution < 1.29 is 0 Å². The Bertz CT molecular complexity index is 601. The summed E-state index contributed by atoms with van der Waals surface area (Å²) in [5.41, 5.74) is 3.84. The maximum absolute atomic E-state index is 3.51. The summed E-state index contributed by atoms with van der Waals surface area (Å²) in [7, 11) is -1.21. The summed E-state index contributed by atoms with van der Waals surface area (Å²) in [6.45, 7) is 13.9. The van der Waals surface area contributed by atoms with Crippen molar-refractivity contribution in [2.45, 2.75) is 45.8 Å². The fraction of sp³-hybridized carbons (Fsp3) is 0.368. The second-order valence-electron chi connectivity index (χ2n) is 7.78. The third kappa shape index (κ3) is 4.21. The maximum atomic E-state index is 3.51. The lowest BCUT2D eigenvalue weighted by atomic mass is 9.87.